The first-order valence-corrected chi connectivity index (χ1v) is 7.06. The lowest BCUT2D eigenvalue weighted by Gasteiger charge is -2.01. The molecule has 0 N–H and O–H groups in total. The van der Waals surface area contributed by atoms with Gasteiger partial charge in [-0.25, -0.2) is 0 Å². The summed E-state index contributed by atoms with van der Waals surface area (Å²) >= 11 is 0. The molecule has 0 aliphatic carbocycles. The van der Waals surface area contributed by atoms with E-state index in [4.69, 9.17) is 0 Å². The average Bonchev–Trinajstić information content (AvgIpc) is 2.35. The summed E-state index contributed by atoms with van der Waals surface area (Å²) in [5, 5.41) is 0. The minimum Gasteiger partial charge on any atom is -0.103 e. The van der Waals surface area contributed by atoms with E-state index in [2.05, 4.69) is 52.2 Å². The van der Waals surface area contributed by atoms with Crippen LogP contribution in [0.3, 0.4) is 0 Å². The second-order valence-corrected chi connectivity index (χ2v) is 4.86. The minimum absolute atomic E-state index is 0.663. The molecule has 0 aliphatic heterocycles. The Morgan fingerprint density at radius 1 is 1.11 bits per heavy atom. The van der Waals surface area contributed by atoms with Crippen molar-refractivity contribution in [1.82, 2.24) is 0 Å². The van der Waals surface area contributed by atoms with Crippen molar-refractivity contribution in [1.29, 1.82) is 0 Å². The molecule has 104 valence electrons. The smallest absolute Gasteiger partial charge is 0.0262 e. The molecular weight excluding hydrogens is 216 g/mol. The summed E-state index contributed by atoms with van der Waals surface area (Å²) in [7, 11) is 0. The highest BCUT2D eigenvalue weighted by atomic mass is 14.0. The molecular formula is C18H32. The maximum atomic E-state index is 3.74. The van der Waals surface area contributed by atoms with Crippen LogP contribution in [-0.2, 0) is 0 Å². The molecule has 1 unspecified atom stereocenters. The lowest BCUT2D eigenvalue weighted by molar-refractivity contribution is 0.658. The first-order valence-electron chi connectivity index (χ1n) is 7.06. The summed E-state index contributed by atoms with van der Waals surface area (Å²) in [5.41, 5.74) is 1.41. The number of unbranched alkanes of at least 4 members (excludes halogenated alkanes) is 2. The van der Waals surface area contributed by atoms with Crippen molar-refractivity contribution in [2.24, 2.45) is 5.92 Å². The highest BCUT2D eigenvalue weighted by Gasteiger charge is 1.92. The first-order chi connectivity index (χ1) is 8.58. The molecule has 0 saturated heterocycles. The average molecular weight is 248 g/mol. The molecule has 0 radical (unpaired) electrons. The second-order valence-electron chi connectivity index (χ2n) is 4.86. The minimum atomic E-state index is 0.663. The van der Waals surface area contributed by atoms with Crippen LogP contribution in [-0.4, -0.2) is 0 Å². The summed E-state index contributed by atoms with van der Waals surface area (Å²) in [6, 6.07) is 0. The van der Waals surface area contributed by atoms with Gasteiger partial charge in [0.1, 0.15) is 0 Å². The van der Waals surface area contributed by atoms with Crippen LogP contribution in [0.25, 0.3) is 0 Å². The summed E-state index contributed by atoms with van der Waals surface area (Å²) in [6.45, 7) is 15.9. The van der Waals surface area contributed by atoms with Crippen molar-refractivity contribution < 1.29 is 0 Å². The number of rotatable bonds is 8. The Morgan fingerprint density at radius 2 is 1.78 bits per heavy atom. The highest BCUT2D eigenvalue weighted by Crippen LogP contribution is 2.07. The van der Waals surface area contributed by atoms with E-state index in [1.165, 1.54) is 31.3 Å². The van der Waals surface area contributed by atoms with Gasteiger partial charge in [0.25, 0.3) is 0 Å². The van der Waals surface area contributed by atoms with Crippen molar-refractivity contribution in [2.75, 3.05) is 0 Å². The standard InChI is InChI=1S/C10H18.C8H14/c1-5-10(4)8-6-7-9(2)3;1-3-5-7-8-6-4-2/h5,7,10H,1,6,8H2,2-4H3;3-4,6H,1,5,7-8H2,2H3. The van der Waals surface area contributed by atoms with Gasteiger partial charge in [-0.15, -0.1) is 13.2 Å². The summed E-state index contributed by atoms with van der Waals surface area (Å²) in [4.78, 5) is 0. The molecule has 0 heteroatoms. The first kappa shape index (κ1) is 19.3. The predicted molar refractivity (Wildman–Crippen MR) is 86.9 cm³/mol. The SMILES string of the molecule is C=CC(C)CCC=C(C)C.C=CCCCC=CC. The van der Waals surface area contributed by atoms with Crippen molar-refractivity contribution in [2.45, 2.75) is 59.8 Å². The third kappa shape index (κ3) is 20.4. The van der Waals surface area contributed by atoms with Crippen LogP contribution in [0.15, 0.2) is 49.1 Å². The van der Waals surface area contributed by atoms with Gasteiger partial charge in [-0.05, 0) is 58.8 Å². The Morgan fingerprint density at radius 3 is 2.22 bits per heavy atom. The van der Waals surface area contributed by atoms with Gasteiger partial charge in [0, 0.05) is 0 Å². The van der Waals surface area contributed by atoms with E-state index in [0.717, 1.165) is 6.42 Å². The molecule has 0 amide bonds. The molecule has 0 fully saturated rings. The fourth-order valence-electron chi connectivity index (χ4n) is 1.30. The predicted octanol–water partition coefficient (Wildman–Crippen LogP) is 6.47. The number of hydrogen-bond donors (Lipinski definition) is 0. The van der Waals surface area contributed by atoms with E-state index in [-0.39, 0.29) is 0 Å². The second kappa shape index (κ2) is 16.0. The van der Waals surface area contributed by atoms with Crippen LogP contribution in [0.1, 0.15) is 59.8 Å². The van der Waals surface area contributed by atoms with Crippen LogP contribution >= 0.6 is 0 Å². The van der Waals surface area contributed by atoms with E-state index in [0.29, 0.717) is 5.92 Å². The van der Waals surface area contributed by atoms with E-state index >= 15 is 0 Å². The topological polar surface area (TPSA) is 0 Å². The lowest BCUT2D eigenvalue weighted by Crippen LogP contribution is -1.86. The van der Waals surface area contributed by atoms with Crippen LogP contribution in [0.5, 0.6) is 0 Å². The monoisotopic (exact) mass is 248 g/mol. The van der Waals surface area contributed by atoms with E-state index in [1.54, 1.807) is 0 Å². The fourth-order valence-corrected chi connectivity index (χ4v) is 1.30. The van der Waals surface area contributed by atoms with Gasteiger partial charge in [-0.1, -0.05) is 42.9 Å². The summed E-state index contributed by atoms with van der Waals surface area (Å²) < 4.78 is 0. The van der Waals surface area contributed by atoms with Crippen LogP contribution in [0.4, 0.5) is 0 Å². The fraction of sp³-hybridized carbons (Fsp3) is 0.556. The third-order valence-corrected chi connectivity index (χ3v) is 2.59. The third-order valence-electron chi connectivity index (χ3n) is 2.59. The molecule has 0 heterocycles. The Bertz CT molecular complexity index is 239. The molecule has 0 nitrogen and oxygen atoms in total. The van der Waals surface area contributed by atoms with Gasteiger partial charge in [0.2, 0.25) is 0 Å². The zero-order chi connectivity index (χ0) is 14.2. The van der Waals surface area contributed by atoms with Crippen LogP contribution < -0.4 is 0 Å². The zero-order valence-corrected chi connectivity index (χ0v) is 12.9. The van der Waals surface area contributed by atoms with Crippen molar-refractivity contribution in [3.8, 4) is 0 Å². The Hall–Kier alpha value is -1.04. The quantitative estimate of drug-likeness (QED) is 0.341. The van der Waals surface area contributed by atoms with Gasteiger partial charge in [-0.2, -0.15) is 0 Å². The molecule has 18 heavy (non-hydrogen) atoms. The van der Waals surface area contributed by atoms with Gasteiger partial charge in [-0.3, -0.25) is 0 Å². The van der Waals surface area contributed by atoms with E-state index in [1.807, 2.05) is 19.1 Å². The molecule has 0 aromatic carbocycles. The molecule has 0 rings (SSSR count). The van der Waals surface area contributed by atoms with Gasteiger partial charge in [0.05, 0.1) is 0 Å². The number of allylic oxidation sites excluding steroid dienone is 6. The van der Waals surface area contributed by atoms with Crippen molar-refractivity contribution in [3.05, 3.63) is 49.1 Å². The van der Waals surface area contributed by atoms with Crippen LogP contribution in [0.2, 0.25) is 0 Å². The molecule has 0 spiro atoms. The molecule has 0 aromatic rings. The van der Waals surface area contributed by atoms with Crippen molar-refractivity contribution in [3.63, 3.8) is 0 Å². The van der Waals surface area contributed by atoms with E-state index < -0.39 is 0 Å². The Balaban J connectivity index is 0. The highest BCUT2D eigenvalue weighted by molar-refractivity contribution is 4.93. The molecule has 0 bridgehead atoms. The van der Waals surface area contributed by atoms with Gasteiger partial charge < -0.3 is 0 Å². The normalized spacial score (nSPS) is 11.3. The Kier molecular flexibility index (Phi) is 17.1. The molecule has 1 atom stereocenters. The zero-order valence-electron chi connectivity index (χ0n) is 12.9. The van der Waals surface area contributed by atoms with Crippen LogP contribution in [0, 0.1) is 5.92 Å². The molecule has 0 aromatic heterocycles. The van der Waals surface area contributed by atoms with Gasteiger partial charge in [0.15, 0.2) is 0 Å². The summed E-state index contributed by atoms with van der Waals surface area (Å²) in [5.74, 6) is 0.663. The Labute approximate surface area is 115 Å². The van der Waals surface area contributed by atoms with Crippen molar-refractivity contribution >= 4 is 0 Å². The molecule has 0 aliphatic rings. The maximum Gasteiger partial charge on any atom is -0.0262 e. The number of hydrogen-bond acceptors (Lipinski definition) is 0. The van der Waals surface area contributed by atoms with E-state index in [9.17, 15) is 0 Å². The largest absolute Gasteiger partial charge is 0.103 e. The lowest BCUT2D eigenvalue weighted by atomic mass is 10.1. The maximum absolute atomic E-state index is 3.74. The molecule has 0 saturated carbocycles. The van der Waals surface area contributed by atoms with Gasteiger partial charge >= 0.3 is 0 Å². The summed E-state index contributed by atoms with van der Waals surface area (Å²) in [6.07, 6.45) is 16.5.